The molecule has 5 heteroatoms. The predicted octanol–water partition coefficient (Wildman–Crippen LogP) is 1.32. The van der Waals surface area contributed by atoms with Gasteiger partial charge in [-0.25, -0.2) is 0 Å². The van der Waals surface area contributed by atoms with Gasteiger partial charge in [-0.05, 0) is 32.6 Å². The zero-order valence-corrected chi connectivity index (χ0v) is 10.7. The van der Waals surface area contributed by atoms with Gasteiger partial charge in [0.15, 0.2) is 0 Å². The van der Waals surface area contributed by atoms with Gasteiger partial charge in [-0.1, -0.05) is 6.92 Å². The van der Waals surface area contributed by atoms with E-state index in [9.17, 15) is 9.59 Å². The van der Waals surface area contributed by atoms with Gasteiger partial charge in [-0.3, -0.25) is 9.59 Å². The molecule has 1 aliphatic rings. The van der Waals surface area contributed by atoms with E-state index in [1.54, 1.807) is 6.92 Å². The Hall–Kier alpha value is -1.10. The molecule has 1 saturated carbocycles. The normalized spacial score (nSPS) is 21.1. The summed E-state index contributed by atoms with van der Waals surface area (Å²) in [5.74, 6) is -1.09. The first-order valence-corrected chi connectivity index (χ1v) is 5.97. The summed E-state index contributed by atoms with van der Waals surface area (Å²) in [4.78, 5) is 22.9. The van der Waals surface area contributed by atoms with E-state index in [4.69, 9.17) is 9.84 Å². The monoisotopic (exact) mass is 243 g/mol. The molecule has 1 unspecified atom stereocenters. The summed E-state index contributed by atoms with van der Waals surface area (Å²) in [5, 5.41) is 11.7. The van der Waals surface area contributed by atoms with Gasteiger partial charge in [0.1, 0.15) is 5.60 Å². The molecule has 1 aliphatic carbocycles. The zero-order valence-electron chi connectivity index (χ0n) is 10.7. The number of carbonyl (C=O) groups is 2. The number of hydrogen-bond acceptors (Lipinski definition) is 3. The quantitative estimate of drug-likeness (QED) is 0.737. The van der Waals surface area contributed by atoms with Crippen LogP contribution in [0.2, 0.25) is 0 Å². The van der Waals surface area contributed by atoms with Crippen LogP contribution in [0.1, 0.15) is 46.0 Å². The van der Waals surface area contributed by atoms with Crippen LogP contribution in [0.5, 0.6) is 0 Å². The second kappa shape index (κ2) is 5.04. The van der Waals surface area contributed by atoms with E-state index in [0.29, 0.717) is 6.42 Å². The molecule has 0 aromatic rings. The molecule has 98 valence electrons. The Kier molecular flexibility index (Phi) is 4.14. The SMILES string of the molecule is CCC(C)(OC)C(=O)NC1(CC(=O)O)CCC1. The second-order valence-corrected chi connectivity index (χ2v) is 4.95. The van der Waals surface area contributed by atoms with E-state index in [-0.39, 0.29) is 12.3 Å². The highest BCUT2D eigenvalue weighted by Gasteiger charge is 2.43. The third-order valence-electron chi connectivity index (χ3n) is 3.78. The van der Waals surface area contributed by atoms with Crippen LogP contribution in [-0.2, 0) is 14.3 Å². The maximum Gasteiger partial charge on any atom is 0.305 e. The van der Waals surface area contributed by atoms with Gasteiger partial charge in [-0.2, -0.15) is 0 Å². The topological polar surface area (TPSA) is 75.6 Å². The Bertz CT molecular complexity index is 306. The maximum atomic E-state index is 12.1. The molecule has 1 atom stereocenters. The molecular weight excluding hydrogens is 222 g/mol. The van der Waals surface area contributed by atoms with Crippen LogP contribution in [0.15, 0.2) is 0 Å². The van der Waals surface area contributed by atoms with E-state index in [1.807, 2.05) is 6.92 Å². The van der Waals surface area contributed by atoms with E-state index in [2.05, 4.69) is 5.32 Å². The number of rotatable bonds is 6. The minimum Gasteiger partial charge on any atom is -0.481 e. The number of ether oxygens (including phenoxy) is 1. The molecule has 0 spiro atoms. The van der Waals surface area contributed by atoms with Gasteiger partial charge < -0.3 is 15.2 Å². The fourth-order valence-electron chi connectivity index (χ4n) is 2.01. The van der Waals surface area contributed by atoms with Crippen LogP contribution in [0.3, 0.4) is 0 Å². The number of hydrogen-bond donors (Lipinski definition) is 2. The molecule has 0 saturated heterocycles. The summed E-state index contributed by atoms with van der Waals surface area (Å²) in [6.45, 7) is 3.59. The van der Waals surface area contributed by atoms with Gasteiger partial charge in [0.2, 0.25) is 0 Å². The van der Waals surface area contributed by atoms with Crippen molar-refractivity contribution in [1.82, 2.24) is 5.32 Å². The lowest BCUT2D eigenvalue weighted by Gasteiger charge is -2.43. The van der Waals surface area contributed by atoms with Crippen molar-refractivity contribution in [2.45, 2.75) is 57.1 Å². The summed E-state index contributed by atoms with van der Waals surface area (Å²) in [6.07, 6.45) is 2.97. The van der Waals surface area contributed by atoms with Gasteiger partial charge >= 0.3 is 5.97 Å². The minimum absolute atomic E-state index is 0.0117. The Balaban J connectivity index is 2.68. The molecule has 0 aromatic heterocycles. The first-order valence-electron chi connectivity index (χ1n) is 5.97. The van der Waals surface area contributed by atoms with Crippen LogP contribution < -0.4 is 5.32 Å². The zero-order chi connectivity index (χ0) is 13.1. The Labute approximate surface area is 102 Å². The number of amides is 1. The molecule has 1 amide bonds. The van der Waals surface area contributed by atoms with E-state index < -0.39 is 17.1 Å². The van der Waals surface area contributed by atoms with Crippen LogP contribution in [0.4, 0.5) is 0 Å². The van der Waals surface area contributed by atoms with Crippen molar-refractivity contribution in [2.75, 3.05) is 7.11 Å². The lowest BCUT2D eigenvalue weighted by Crippen LogP contribution is -2.60. The smallest absolute Gasteiger partial charge is 0.305 e. The van der Waals surface area contributed by atoms with Crippen LogP contribution in [0, 0.1) is 0 Å². The molecule has 2 N–H and O–H groups in total. The van der Waals surface area contributed by atoms with Crippen molar-refractivity contribution in [3.8, 4) is 0 Å². The molecule has 17 heavy (non-hydrogen) atoms. The molecule has 5 nitrogen and oxygen atoms in total. The highest BCUT2D eigenvalue weighted by molar-refractivity contribution is 5.86. The fourth-order valence-corrected chi connectivity index (χ4v) is 2.01. The second-order valence-electron chi connectivity index (χ2n) is 4.95. The first kappa shape index (κ1) is 14.0. The predicted molar refractivity (Wildman–Crippen MR) is 62.7 cm³/mol. The van der Waals surface area contributed by atoms with Crippen LogP contribution in [0.25, 0.3) is 0 Å². The van der Waals surface area contributed by atoms with Gasteiger partial charge in [0.05, 0.1) is 12.0 Å². The van der Waals surface area contributed by atoms with E-state index in [1.165, 1.54) is 7.11 Å². The fraction of sp³-hybridized carbons (Fsp3) is 0.833. The highest BCUT2D eigenvalue weighted by atomic mass is 16.5. The average Bonchev–Trinajstić information content (AvgIpc) is 2.24. The highest BCUT2D eigenvalue weighted by Crippen LogP contribution is 2.35. The van der Waals surface area contributed by atoms with Crippen molar-refractivity contribution in [1.29, 1.82) is 0 Å². The standard InChI is InChI=1S/C12H21NO4/c1-4-11(2,17-3)10(16)13-12(6-5-7-12)8-9(14)15/h4-8H2,1-3H3,(H,13,16)(H,14,15). The lowest BCUT2D eigenvalue weighted by molar-refractivity contribution is -0.147. The molecule has 0 aliphatic heterocycles. The van der Waals surface area contributed by atoms with Crippen LogP contribution >= 0.6 is 0 Å². The Morgan fingerprint density at radius 1 is 1.47 bits per heavy atom. The molecule has 0 radical (unpaired) electrons. The lowest BCUT2D eigenvalue weighted by atomic mass is 9.74. The third kappa shape index (κ3) is 2.97. The molecule has 1 rings (SSSR count). The maximum absolute atomic E-state index is 12.1. The number of carboxylic acids is 1. The average molecular weight is 243 g/mol. The van der Waals surface area contributed by atoms with Gasteiger partial charge in [0, 0.05) is 7.11 Å². The molecule has 0 aromatic carbocycles. The summed E-state index contributed by atoms with van der Waals surface area (Å²) < 4.78 is 5.21. The summed E-state index contributed by atoms with van der Waals surface area (Å²) in [7, 11) is 1.49. The summed E-state index contributed by atoms with van der Waals surface area (Å²) in [6, 6.07) is 0. The third-order valence-corrected chi connectivity index (χ3v) is 3.78. The van der Waals surface area contributed by atoms with Crippen molar-refractivity contribution >= 4 is 11.9 Å². The molecule has 0 heterocycles. The molecule has 1 fully saturated rings. The van der Waals surface area contributed by atoms with Crippen molar-refractivity contribution < 1.29 is 19.4 Å². The van der Waals surface area contributed by atoms with E-state index in [0.717, 1.165) is 19.3 Å². The number of nitrogens with one attached hydrogen (secondary N) is 1. The largest absolute Gasteiger partial charge is 0.481 e. The number of aliphatic carboxylic acids is 1. The Morgan fingerprint density at radius 3 is 2.35 bits per heavy atom. The number of methoxy groups -OCH3 is 1. The molecular formula is C12H21NO4. The number of carboxylic acid groups (broad SMARTS) is 1. The Morgan fingerprint density at radius 2 is 2.06 bits per heavy atom. The number of carbonyl (C=O) groups excluding carboxylic acids is 1. The molecule has 0 bridgehead atoms. The van der Waals surface area contributed by atoms with E-state index >= 15 is 0 Å². The summed E-state index contributed by atoms with van der Waals surface area (Å²) in [5.41, 5.74) is -1.43. The van der Waals surface area contributed by atoms with Crippen molar-refractivity contribution in [2.24, 2.45) is 0 Å². The van der Waals surface area contributed by atoms with Crippen molar-refractivity contribution in [3.63, 3.8) is 0 Å². The van der Waals surface area contributed by atoms with Crippen molar-refractivity contribution in [3.05, 3.63) is 0 Å². The van der Waals surface area contributed by atoms with Gasteiger partial charge in [0.25, 0.3) is 5.91 Å². The van der Waals surface area contributed by atoms with Crippen LogP contribution in [-0.4, -0.2) is 35.2 Å². The first-order chi connectivity index (χ1) is 7.87. The summed E-state index contributed by atoms with van der Waals surface area (Å²) >= 11 is 0. The minimum atomic E-state index is -0.874. The van der Waals surface area contributed by atoms with Gasteiger partial charge in [-0.15, -0.1) is 0 Å².